The summed E-state index contributed by atoms with van der Waals surface area (Å²) in [6, 6.07) is 45.9. The van der Waals surface area contributed by atoms with Crippen LogP contribution < -0.4 is 22.4 Å². The van der Waals surface area contributed by atoms with Gasteiger partial charge in [0.2, 0.25) is 0 Å². The van der Waals surface area contributed by atoms with Crippen molar-refractivity contribution in [2.75, 3.05) is 53.9 Å². The first kappa shape index (κ1) is 100. The predicted molar refractivity (Wildman–Crippen MR) is 439 cm³/mol. The SMILES string of the molecule is CC1(C)OB(c2ccc(C3(C(=O)Cc4ccc(F)cc4)COC3)cc2)OC1(C)C.COC(=O)c1cc(C(F)(F)F)cnc1Cl.COC(=O)c1cc(C)cnc1-c1ccc(C2(C(=O)Cc3ccc(F)cc3)COC2)cc1.Cc1cnc(-c2ccc(C3(C(=O)Cc4ccc(F)cc4)COC3)cc2)c(C(C)(C)O)c1.O=C(O)c1cc(C(F)(F)F)cnc1Cl.[Br-].[CH3-].[Mg+2]. The van der Waals surface area contributed by atoms with E-state index in [1.54, 1.807) is 68.7 Å². The minimum absolute atomic E-state index is 0. The fourth-order valence-corrected chi connectivity index (χ4v) is 13.4. The number of carboxylic acid groups (broad SMARTS) is 1. The van der Waals surface area contributed by atoms with Gasteiger partial charge in [0.05, 0.1) is 110 Å². The summed E-state index contributed by atoms with van der Waals surface area (Å²) < 4.78 is 150. The van der Waals surface area contributed by atoms with Gasteiger partial charge in [-0.15, -0.1) is 0 Å². The van der Waals surface area contributed by atoms with Crippen molar-refractivity contribution < 1.29 is 128 Å². The molecule has 4 aliphatic heterocycles. The van der Waals surface area contributed by atoms with E-state index in [9.17, 15) is 73.4 Å². The number of carbonyl (C=O) groups is 6. The third kappa shape index (κ3) is 23.9. The van der Waals surface area contributed by atoms with Crippen LogP contribution in [0.15, 0.2) is 195 Å². The van der Waals surface area contributed by atoms with Gasteiger partial charge in [-0.3, -0.25) is 24.4 Å². The summed E-state index contributed by atoms with van der Waals surface area (Å²) in [4.78, 5) is 88.3. The zero-order valence-corrected chi connectivity index (χ0v) is 73.2. The molecule has 4 saturated heterocycles. The number of alkyl halides is 6. The maximum Gasteiger partial charge on any atom is 2.00 e. The Morgan fingerprint density at radius 2 is 0.780 bits per heavy atom. The molecule has 33 heteroatoms. The van der Waals surface area contributed by atoms with Crippen LogP contribution in [0.5, 0.6) is 0 Å². The smallest absolute Gasteiger partial charge is 1.00 e. The molecule has 6 aromatic carbocycles. The Balaban J connectivity index is 0.000000217. The number of esters is 2. The number of Topliss-reactive ketones (excluding diaryl/α,β-unsaturated/α-hetero) is 3. The van der Waals surface area contributed by atoms with E-state index in [-0.39, 0.29) is 107 Å². The zero-order valence-electron chi connectivity index (χ0n) is 68.6. The Bertz CT molecular complexity index is 5380. The van der Waals surface area contributed by atoms with E-state index >= 15 is 0 Å². The number of aryl methyl sites for hydroxylation is 2. The molecule has 644 valence electrons. The molecule has 19 nitrogen and oxygen atoms in total. The number of hydrogen-bond acceptors (Lipinski definition) is 18. The Hall–Kier alpha value is -9.64. The number of rotatable bonds is 19. The monoisotopic (exact) mass is 1820 g/mol. The van der Waals surface area contributed by atoms with Crippen molar-refractivity contribution in [3.05, 3.63) is 308 Å². The molecule has 10 aromatic rings. The number of benzene rings is 6. The number of halogens is 12. The van der Waals surface area contributed by atoms with Crippen molar-refractivity contribution in [3.63, 3.8) is 0 Å². The number of pyridine rings is 4. The molecule has 0 unspecified atom stereocenters. The van der Waals surface area contributed by atoms with Crippen LogP contribution in [-0.4, -0.2) is 161 Å². The van der Waals surface area contributed by atoms with Crippen molar-refractivity contribution >= 4 is 94.1 Å². The summed E-state index contributed by atoms with van der Waals surface area (Å²) in [7, 11) is 1.95. The van der Waals surface area contributed by atoms with Crippen molar-refractivity contribution in [2.45, 2.75) is 120 Å². The second kappa shape index (κ2) is 41.4. The van der Waals surface area contributed by atoms with Crippen molar-refractivity contribution in [1.82, 2.24) is 19.9 Å². The van der Waals surface area contributed by atoms with Crippen LogP contribution in [0.25, 0.3) is 22.5 Å². The van der Waals surface area contributed by atoms with E-state index in [1.807, 2.05) is 120 Å². The van der Waals surface area contributed by atoms with Gasteiger partial charge >= 0.3 is 60.4 Å². The van der Waals surface area contributed by atoms with Gasteiger partial charge in [0, 0.05) is 60.7 Å². The van der Waals surface area contributed by atoms with Crippen LogP contribution >= 0.6 is 23.2 Å². The number of hydrogen-bond donors (Lipinski definition) is 2. The molecule has 8 heterocycles. The number of ether oxygens (including phenoxy) is 5. The quantitative estimate of drug-likeness (QED) is 0.0251. The molecule has 0 atom stereocenters. The number of aromatic nitrogens is 4. The van der Waals surface area contributed by atoms with E-state index in [4.69, 9.17) is 56.6 Å². The molecule has 4 aliphatic rings. The molecule has 123 heavy (non-hydrogen) atoms. The number of aliphatic hydroxyl groups is 1. The number of methoxy groups -OCH3 is 2. The van der Waals surface area contributed by atoms with Gasteiger partial charge in [0.15, 0.2) is 17.3 Å². The molecular weight excluding hydrogens is 1730 g/mol. The van der Waals surface area contributed by atoms with Crippen molar-refractivity contribution in [1.29, 1.82) is 0 Å². The molecular formula is C90H85BBrCl2F9MgN4O15. The van der Waals surface area contributed by atoms with E-state index in [2.05, 4.69) is 24.7 Å². The summed E-state index contributed by atoms with van der Waals surface area (Å²) >= 11 is 10.7. The van der Waals surface area contributed by atoms with Crippen molar-refractivity contribution in [3.8, 4) is 22.5 Å². The summed E-state index contributed by atoms with van der Waals surface area (Å²) in [5.41, 5.74) is 4.68. The topological polar surface area (TPSA) is 259 Å². The number of carbonyl (C=O) groups excluding carboxylic acids is 5. The van der Waals surface area contributed by atoms with E-state index < -0.39 is 97.8 Å². The van der Waals surface area contributed by atoms with E-state index in [0.29, 0.717) is 75.4 Å². The summed E-state index contributed by atoms with van der Waals surface area (Å²) in [6.07, 6.45) is -3.99. The molecule has 4 fully saturated rings. The standard InChI is InChI=1S/C26H26FNO3.C25H22FNO4.C23H26BFO4.C8H5ClF3NO2.C7H3ClF3NO2.CH3.BrH.Mg/c1-17-12-22(25(2,3)30)24(28-14-17)19-6-8-20(9-7-19)26(15-31-16-26)23(29)13-18-4-10-21(27)11-5-18;1-16-11-21(24(29)30-2)23(27-13-16)18-5-7-19(8-6-18)25(14-31-15-25)22(28)12-17-3-9-20(26)10-4-17;1-21(2)22(3,4)29-24(28-21)18-9-7-17(8-10-18)23(14-27-15-23)20(26)13-16-5-11-19(25)12-6-16;1-15-7(14)5-2-4(8(10,11)12)3-13-6(5)9;8-5-4(6(13)14)1-3(2-12-5)7(9,10)11;;;/h4-12,14,30H,13,15-16H2,1-3H3;3-11,13H,12,14-15H2,1-2H3;5-12H,13-15H2,1-4H3;2-3H,1H3;1-2H,(H,13,14);1H3;1H;/q;;;;;-1;;+2/p-1. The first-order valence-electron chi connectivity index (χ1n) is 37.2. The second-order valence-electron chi connectivity index (χ2n) is 30.6. The third-order valence-electron chi connectivity index (χ3n) is 21.0. The van der Waals surface area contributed by atoms with Crippen LogP contribution in [0.1, 0.15) is 134 Å². The zero-order chi connectivity index (χ0) is 87.7. The van der Waals surface area contributed by atoms with Gasteiger partial charge < -0.3 is 67.6 Å². The first-order chi connectivity index (χ1) is 56.4. The first-order valence-corrected chi connectivity index (χ1v) is 37.9. The van der Waals surface area contributed by atoms with Gasteiger partial charge in [-0.25, -0.2) is 37.5 Å². The molecule has 14 rings (SSSR count). The fourth-order valence-electron chi connectivity index (χ4n) is 13.0. The normalized spacial score (nSPS) is 15.3. The molecule has 0 amide bonds. The number of ketones is 3. The Kier molecular flexibility index (Phi) is 33.8. The maximum absolute atomic E-state index is 13.2. The minimum atomic E-state index is -4.62. The largest absolute Gasteiger partial charge is 2.00 e. The molecule has 0 aliphatic carbocycles. The third-order valence-corrected chi connectivity index (χ3v) is 21.6. The average Bonchev–Trinajstić information content (AvgIpc) is 1.35. The summed E-state index contributed by atoms with van der Waals surface area (Å²) in [6.45, 7) is 17.4. The van der Waals surface area contributed by atoms with Crippen LogP contribution in [0.4, 0.5) is 39.5 Å². The van der Waals surface area contributed by atoms with Crippen LogP contribution in [-0.2, 0) is 101 Å². The summed E-state index contributed by atoms with van der Waals surface area (Å²) in [5.74, 6) is -3.74. The van der Waals surface area contributed by atoms with E-state index in [0.717, 1.165) is 79.5 Å². The minimum Gasteiger partial charge on any atom is -1.00 e. The molecule has 0 bridgehead atoms. The average molecular weight is 1820 g/mol. The van der Waals surface area contributed by atoms with E-state index in [1.165, 1.54) is 43.5 Å². The summed E-state index contributed by atoms with van der Waals surface area (Å²) in [5, 5.41) is 18.3. The second-order valence-corrected chi connectivity index (χ2v) is 31.3. The molecule has 2 N–H and O–H groups in total. The molecule has 0 spiro atoms. The predicted octanol–water partition coefficient (Wildman–Crippen LogP) is 13.8. The number of carboxylic acids is 1. The van der Waals surface area contributed by atoms with Crippen LogP contribution in [0.3, 0.4) is 0 Å². The molecule has 0 radical (unpaired) electrons. The number of nitrogens with zero attached hydrogens (tertiary/aromatic N) is 4. The Morgan fingerprint density at radius 1 is 0.463 bits per heavy atom. The van der Waals surface area contributed by atoms with Gasteiger partial charge in [-0.2, -0.15) is 26.3 Å². The Labute approximate surface area is 741 Å². The van der Waals surface area contributed by atoms with Gasteiger partial charge in [-0.1, -0.05) is 132 Å². The van der Waals surface area contributed by atoms with Gasteiger partial charge in [-0.05, 0) is 166 Å². The van der Waals surface area contributed by atoms with Gasteiger partial charge in [0.25, 0.3) is 0 Å². The number of aromatic carboxylic acids is 1. The molecule has 0 saturated carbocycles. The van der Waals surface area contributed by atoms with Gasteiger partial charge in [0.1, 0.15) is 44.0 Å². The fraction of sp³-hybridized carbons (Fsp3) is 0.300. The van der Waals surface area contributed by atoms with Crippen molar-refractivity contribution in [2.24, 2.45) is 0 Å². The Morgan fingerprint density at radius 3 is 1.11 bits per heavy atom. The molecule has 4 aromatic heterocycles. The van der Waals surface area contributed by atoms with Crippen LogP contribution in [0, 0.1) is 38.7 Å². The maximum atomic E-state index is 13.2. The van der Waals surface area contributed by atoms with Crippen LogP contribution in [0.2, 0.25) is 10.3 Å².